The molecule has 0 spiro atoms. The fraction of sp³-hybridized carbons (Fsp3) is 0.400. The lowest BCUT2D eigenvalue weighted by molar-refractivity contribution is -0.175. The van der Waals surface area contributed by atoms with Gasteiger partial charge >= 0.3 is 17.9 Å². The number of H-pyrrole nitrogens is 1. The molecule has 0 amide bonds. The molecule has 0 aliphatic carbocycles. The van der Waals surface area contributed by atoms with Crippen LogP contribution in [0.1, 0.15) is 32.3 Å². The summed E-state index contributed by atoms with van der Waals surface area (Å²) < 4.78 is 4.66. The van der Waals surface area contributed by atoms with Crippen molar-refractivity contribution in [3.05, 3.63) is 36.0 Å². The Morgan fingerprint density at radius 2 is 1.87 bits per heavy atom. The van der Waals surface area contributed by atoms with Crippen LogP contribution >= 0.6 is 0 Å². The molecule has 0 bridgehead atoms. The zero-order chi connectivity index (χ0) is 22.9. The van der Waals surface area contributed by atoms with E-state index >= 15 is 0 Å². The van der Waals surface area contributed by atoms with Gasteiger partial charge in [0.25, 0.3) is 0 Å². The third kappa shape index (κ3) is 7.30. The van der Waals surface area contributed by atoms with Gasteiger partial charge in [-0.2, -0.15) is 0 Å². The van der Waals surface area contributed by atoms with E-state index in [1.165, 1.54) is 0 Å². The number of aldehydes is 1. The van der Waals surface area contributed by atoms with E-state index in [1.807, 2.05) is 30.5 Å². The van der Waals surface area contributed by atoms with Crippen LogP contribution in [0.3, 0.4) is 0 Å². The number of para-hydroxylation sites is 1. The molecule has 1 aromatic heterocycles. The van der Waals surface area contributed by atoms with Crippen molar-refractivity contribution in [1.82, 2.24) is 4.98 Å². The predicted octanol–water partition coefficient (Wildman–Crippen LogP) is 0.855. The Morgan fingerprint density at radius 3 is 2.40 bits per heavy atom. The van der Waals surface area contributed by atoms with Crippen molar-refractivity contribution < 1.29 is 39.2 Å². The molecule has 1 aromatic carbocycles. The number of hydrogen-bond acceptors (Lipinski definition) is 7. The standard InChI is InChI=1S/C11H12N2O2.C9H14O6/c12-9(11(14)15)5-7-6-13-10-4-2-1-3-8(7)10;1-6(2)15-8(13)9(14,3-4-10)5-7(11)12/h1-4,6,9,13H,5,12H2,(H,14,15);4,6,14H,3,5H2,1-2H3,(H,11,12). The Labute approximate surface area is 172 Å². The minimum Gasteiger partial charge on any atom is -0.481 e. The number of fused-ring (bicyclic) bond motifs is 1. The lowest BCUT2D eigenvalue weighted by Gasteiger charge is -2.23. The quantitative estimate of drug-likeness (QED) is 0.289. The van der Waals surface area contributed by atoms with E-state index in [-0.39, 0.29) is 6.29 Å². The number of nitrogens with two attached hydrogens (primary N) is 1. The molecule has 2 unspecified atom stereocenters. The van der Waals surface area contributed by atoms with Gasteiger partial charge < -0.3 is 35.6 Å². The fourth-order valence-corrected chi connectivity index (χ4v) is 2.56. The van der Waals surface area contributed by atoms with Crippen molar-refractivity contribution in [3.8, 4) is 0 Å². The summed E-state index contributed by atoms with van der Waals surface area (Å²) in [5.41, 5.74) is 5.17. The van der Waals surface area contributed by atoms with Gasteiger partial charge in [0.15, 0.2) is 5.60 Å². The molecule has 0 saturated carbocycles. The lowest BCUT2D eigenvalue weighted by atomic mass is 9.96. The molecule has 0 fully saturated rings. The molecule has 2 atom stereocenters. The Bertz CT molecular complexity index is 892. The van der Waals surface area contributed by atoms with Crippen molar-refractivity contribution in [3.63, 3.8) is 0 Å². The average Bonchev–Trinajstić information content (AvgIpc) is 3.04. The topological polar surface area (TPSA) is 180 Å². The summed E-state index contributed by atoms with van der Waals surface area (Å²) in [6, 6.07) is 6.91. The van der Waals surface area contributed by atoms with Crippen molar-refractivity contribution in [2.45, 2.75) is 50.9 Å². The second kappa shape index (κ2) is 11.1. The van der Waals surface area contributed by atoms with Gasteiger partial charge in [-0.15, -0.1) is 0 Å². The van der Waals surface area contributed by atoms with Crippen LogP contribution in [-0.4, -0.2) is 62.2 Å². The number of carboxylic acids is 2. The smallest absolute Gasteiger partial charge is 0.339 e. The predicted molar refractivity (Wildman–Crippen MR) is 107 cm³/mol. The maximum Gasteiger partial charge on any atom is 0.339 e. The molecule has 10 heteroatoms. The normalized spacial score (nSPS) is 13.6. The lowest BCUT2D eigenvalue weighted by Crippen LogP contribution is -2.43. The number of hydrogen-bond donors (Lipinski definition) is 5. The van der Waals surface area contributed by atoms with Crippen LogP contribution in [0.5, 0.6) is 0 Å². The first kappa shape index (κ1) is 24.8. The molecule has 10 nitrogen and oxygen atoms in total. The maximum absolute atomic E-state index is 11.3. The summed E-state index contributed by atoms with van der Waals surface area (Å²) in [5, 5.41) is 27.8. The second-order valence-corrected chi connectivity index (χ2v) is 6.94. The first-order chi connectivity index (χ1) is 14.0. The van der Waals surface area contributed by atoms with Crippen molar-refractivity contribution >= 4 is 35.1 Å². The van der Waals surface area contributed by atoms with Crippen LogP contribution in [0.4, 0.5) is 0 Å². The molecular formula is C20H26N2O8. The summed E-state index contributed by atoms with van der Waals surface area (Å²) in [6.07, 6.45) is 0.518. The first-order valence-corrected chi connectivity index (χ1v) is 9.12. The van der Waals surface area contributed by atoms with E-state index in [0.29, 0.717) is 6.42 Å². The monoisotopic (exact) mass is 422 g/mol. The number of benzene rings is 1. The fourth-order valence-electron chi connectivity index (χ4n) is 2.56. The maximum atomic E-state index is 11.3. The van der Waals surface area contributed by atoms with E-state index in [9.17, 15) is 24.3 Å². The van der Waals surface area contributed by atoms with Crippen LogP contribution in [-0.2, 0) is 30.3 Å². The third-order valence-corrected chi connectivity index (χ3v) is 4.02. The molecule has 0 saturated heterocycles. The van der Waals surface area contributed by atoms with Gasteiger partial charge in [-0.25, -0.2) is 4.79 Å². The van der Waals surface area contributed by atoms with E-state index < -0.39 is 48.5 Å². The minimum atomic E-state index is -2.27. The number of nitrogens with one attached hydrogen (secondary N) is 1. The highest BCUT2D eigenvalue weighted by Gasteiger charge is 2.40. The molecule has 0 aliphatic heterocycles. The number of carboxylic acid groups (broad SMARTS) is 2. The number of esters is 1. The number of carbonyl (C=O) groups excluding carboxylic acids is 2. The van der Waals surface area contributed by atoms with E-state index in [4.69, 9.17) is 15.9 Å². The Balaban J connectivity index is 0.000000300. The summed E-state index contributed by atoms with van der Waals surface area (Å²) in [6.45, 7) is 3.11. The molecule has 2 rings (SSSR count). The molecule has 30 heavy (non-hydrogen) atoms. The van der Waals surface area contributed by atoms with Gasteiger partial charge in [0, 0.05) is 29.9 Å². The Hall–Kier alpha value is -3.24. The number of aromatic amines is 1. The molecule has 6 N–H and O–H groups in total. The number of carbonyl (C=O) groups is 4. The summed E-state index contributed by atoms with van der Waals surface area (Å²) in [7, 11) is 0. The van der Waals surface area contributed by atoms with E-state index in [0.717, 1.165) is 16.5 Å². The number of rotatable bonds is 9. The molecule has 0 radical (unpaired) electrons. The number of ether oxygens (including phenoxy) is 1. The first-order valence-electron chi connectivity index (χ1n) is 9.12. The van der Waals surface area contributed by atoms with Crippen LogP contribution in [0, 0.1) is 0 Å². The van der Waals surface area contributed by atoms with Gasteiger partial charge in [0.05, 0.1) is 12.5 Å². The third-order valence-electron chi connectivity index (χ3n) is 4.02. The van der Waals surface area contributed by atoms with Crippen molar-refractivity contribution in [1.29, 1.82) is 0 Å². The largest absolute Gasteiger partial charge is 0.481 e. The van der Waals surface area contributed by atoms with Crippen LogP contribution in [0.15, 0.2) is 30.5 Å². The van der Waals surface area contributed by atoms with Crippen LogP contribution in [0.25, 0.3) is 10.9 Å². The van der Waals surface area contributed by atoms with Gasteiger partial charge in [0.1, 0.15) is 12.3 Å². The second-order valence-electron chi connectivity index (χ2n) is 6.94. The van der Waals surface area contributed by atoms with Crippen molar-refractivity contribution in [2.24, 2.45) is 5.73 Å². The summed E-state index contributed by atoms with van der Waals surface area (Å²) in [4.78, 5) is 45.6. The summed E-state index contributed by atoms with van der Waals surface area (Å²) in [5.74, 6) is -3.44. The minimum absolute atomic E-state index is 0.282. The molecule has 164 valence electrons. The SMILES string of the molecule is CC(C)OC(=O)C(O)(CC=O)CC(=O)O.NC(Cc1c[nH]c2ccccc12)C(=O)O. The average molecular weight is 422 g/mol. The molecule has 1 heterocycles. The zero-order valence-corrected chi connectivity index (χ0v) is 16.7. The van der Waals surface area contributed by atoms with Gasteiger partial charge in [-0.05, 0) is 25.5 Å². The van der Waals surface area contributed by atoms with Crippen LogP contribution in [0.2, 0.25) is 0 Å². The highest BCUT2D eigenvalue weighted by atomic mass is 16.6. The molecule has 2 aromatic rings. The number of aliphatic carboxylic acids is 2. The van der Waals surface area contributed by atoms with E-state index in [2.05, 4.69) is 9.72 Å². The Kier molecular flexibility index (Phi) is 9.16. The highest BCUT2D eigenvalue weighted by molar-refractivity contribution is 5.87. The number of aliphatic hydroxyl groups is 1. The van der Waals surface area contributed by atoms with Crippen molar-refractivity contribution in [2.75, 3.05) is 0 Å². The highest BCUT2D eigenvalue weighted by Crippen LogP contribution is 2.19. The number of aromatic nitrogens is 1. The Morgan fingerprint density at radius 1 is 1.23 bits per heavy atom. The van der Waals surface area contributed by atoms with Gasteiger partial charge in [-0.1, -0.05) is 18.2 Å². The molecular weight excluding hydrogens is 396 g/mol. The van der Waals surface area contributed by atoms with Crippen LogP contribution < -0.4 is 5.73 Å². The summed E-state index contributed by atoms with van der Waals surface area (Å²) >= 11 is 0. The van der Waals surface area contributed by atoms with Gasteiger partial charge in [-0.3, -0.25) is 9.59 Å². The van der Waals surface area contributed by atoms with E-state index in [1.54, 1.807) is 13.8 Å². The zero-order valence-electron chi connectivity index (χ0n) is 16.7. The molecule has 0 aliphatic rings. The van der Waals surface area contributed by atoms with Gasteiger partial charge in [0.2, 0.25) is 0 Å².